The van der Waals surface area contributed by atoms with Gasteiger partial charge in [0.15, 0.2) is 0 Å². The SMILES string of the molecule is COc1ccc(CCNC(=O)NCC2CCN(S(=O)(=O)N(C)C)CC2)cc1. The van der Waals surface area contributed by atoms with E-state index in [-0.39, 0.29) is 6.03 Å². The Morgan fingerprint density at radius 1 is 1.19 bits per heavy atom. The number of piperidine rings is 1. The Kier molecular flexibility index (Phi) is 7.88. The van der Waals surface area contributed by atoms with Crippen LogP contribution in [0.4, 0.5) is 4.79 Å². The lowest BCUT2D eigenvalue weighted by atomic mass is 9.98. The fourth-order valence-electron chi connectivity index (χ4n) is 2.99. The third-order valence-corrected chi connectivity index (χ3v) is 6.71. The minimum atomic E-state index is -3.34. The van der Waals surface area contributed by atoms with Crippen LogP contribution in [0.3, 0.4) is 0 Å². The van der Waals surface area contributed by atoms with Crippen molar-refractivity contribution >= 4 is 16.2 Å². The molecule has 27 heavy (non-hydrogen) atoms. The lowest BCUT2D eigenvalue weighted by Crippen LogP contribution is -2.46. The van der Waals surface area contributed by atoms with Gasteiger partial charge in [-0.1, -0.05) is 12.1 Å². The summed E-state index contributed by atoms with van der Waals surface area (Å²) in [7, 11) is 1.37. The smallest absolute Gasteiger partial charge is 0.314 e. The van der Waals surface area contributed by atoms with Gasteiger partial charge >= 0.3 is 6.03 Å². The minimum Gasteiger partial charge on any atom is -0.497 e. The highest BCUT2D eigenvalue weighted by molar-refractivity contribution is 7.86. The summed E-state index contributed by atoms with van der Waals surface area (Å²) in [4.78, 5) is 11.9. The number of carbonyl (C=O) groups excluding carboxylic acids is 1. The summed E-state index contributed by atoms with van der Waals surface area (Å²) in [6.07, 6.45) is 2.25. The van der Waals surface area contributed by atoms with E-state index >= 15 is 0 Å². The Morgan fingerprint density at radius 3 is 2.37 bits per heavy atom. The van der Waals surface area contributed by atoms with Gasteiger partial charge in [0.25, 0.3) is 10.2 Å². The number of urea groups is 1. The van der Waals surface area contributed by atoms with Crippen molar-refractivity contribution in [2.45, 2.75) is 19.3 Å². The zero-order valence-corrected chi connectivity index (χ0v) is 17.1. The van der Waals surface area contributed by atoms with Gasteiger partial charge in [-0.3, -0.25) is 0 Å². The van der Waals surface area contributed by atoms with Crippen LogP contribution in [0.2, 0.25) is 0 Å². The molecular weight excluding hydrogens is 368 g/mol. The lowest BCUT2D eigenvalue weighted by molar-refractivity contribution is 0.229. The average Bonchev–Trinajstić information content (AvgIpc) is 2.67. The summed E-state index contributed by atoms with van der Waals surface area (Å²) in [5.41, 5.74) is 1.13. The number of nitrogens with zero attached hydrogens (tertiary/aromatic N) is 2. The number of carbonyl (C=O) groups is 1. The molecule has 1 saturated heterocycles. The van der Waals surface area contributed by atoms with Gasteiger partial charge in [0.2, 0.25) is 0 Å². The first-order valence-corrected chi connectivity index (χ1v) is 10.5. The molecule has 9 heteroatoms. The Labute approximate surface area is 162 Å². The highest BCUT2D eigenvalue weighted by Crippen LogP contribution is 2.19. The van der Waals surface area contributed by atoms with Crippen molar-refractivity contribution in [2.24, 2.45) is 5.92 Å². The van der Waals surface area contributed by atoms with Crippen molar-refractivity contribution in [2.75, 3.05) is 47.4 Å². The second-order valence-corrected chi connectivity index (χ2v) is 9.01. The monoisotopic (exact) mass is 398 g/mol. The van der Waals surface area contributed by atoms with Crippen molar-refractivity contribution in [1.82, 2.24) is 19.2 Å². The molecule has 0 unspecified atom stereocenters. The number of hydrogen-bond donors (Lipinski definition) is 2. The van der Waals surface area contributed by atoms with E-state index in [9.17, 15) is 13.2 Å². The van der Waals surface area contributed by atoms with Crippen molar-refractivity contribution in [3.05, 3.63) is 29.8 Å². The fraction of sp³-hybridized carbons (Fsp3) is 0.611. The Hall–Kier alpha value is -1.84. The number of nitrogens with one attached hydrogen (secondary N) is 2. The van der Waals surface area contributed by atoms with Crippen molar-refractivity contribution in [3.63, 3.8) is 0 Å². The van der Waals surface area contributed by atoms with Crippen LogP contribution in [0.25, 0.3) is 0 Å². The molecule has 1 aliphatic heterocycles. The lowest BCUT2D eigenvalue weighted by Gasteiger charge is -2.32. The highest BCUT2D eigenvalue weighted by atomic mass is 32.2. The van der Waals surface area contributed by atoms with Crippen LogP contribution >= 0.6 is 0 Å². The standard InChI is InChI=1S/C18H30N4O4S/c1-21(2)27(24,25)22-12-9-16(10-13-22)14-20-18(23)19-11-8-15-4-6-17(26-3)7-5-15/h4-7,16H,8-14H2,1-3H3,(H2,19,20,23). The van der Waals surface area contributed by atoms with Crippen LogP contribution in [-0.4, -0.2) is 70.4 Å². The number of benzene rings is 1. The first-order chi connectivity index (χ1) is 12.8. The number of rotatable bonds is 8. The molecule has 1 aromatic carbocycles. The largest absolute Gasteiger partial charge is 0.497 e. The van der Waals surface area contributed by atoms with E-state index in [1.165, 1.54) is 8.61 Å². The van der Waals surface area contributed by atoms with E-state index < -0.39 is 10.2 Å². The molecule has 1 heterocycles. The molecule has 152 valence electrons. The first-order valence-electron chi connectivity index (χ1n) is 9.15. The quantitative estimate of drug-likeness (QED) is 0.685. The molecule has 0 bridgehead atoms. The van der Waals surface area contributed by atoms with E-state index in [4.69, 9.17) is 4.74 Å². The van der Waals surface area contributed by atoms with Gasteiger partial charge in [-0.05, 0) is 42.9 Å². The van der Waals surface area contributed by atoms with E-state index in [2.05, 4.69) is 10.6 Å². The fourth-order valence-corrected chi connectivity index (χ4v) is 4.12. The molecule has 2 rings (SSSR count). The van der Waals surface area contributed by atoms with Gasteiger partial charge in [-0.25, -0.2) is 4.79 Å². The maximum atomic E-state index is 12.1. The summed E-state index contributed by atoms with van der Waals surface area (Å²) in [5.74, 6) is 1.11. The van der Waals surface area contributed by atoms with Gasteiger partial charge in [0.05, 0.1) is 7.11 Å². The molecule has 1 aromatic rings. The number of hydrogen-bond acceptors (Lipinski definition) is 4. The van der Waals surface area contributed by atoms with Crippen LogP contribution in [0.15, 0.2) is 24.3 Å². The number of ether oxygens (including phenoxy) is 1. The Morgan fingerprint density at radius 2 is 1.81 bits per heavy atom. The predicted octanol–water partition coefficient (Wildman–Crippen LogP) is 1.06. The minimum absolute atomic E-state index is 0.188. The van der Waals surface area contributed by atoms with Crippen molar-refractivity contribution in [1.29, 1.82) is 0 Å². The van der Waals surface area contributed by atoms with E-state index in [1.54, 1.807) is 21.2 Å². The molecule has 1 fully saturated rings. The van der Waals surface area contributed by atoms with E-state index in [0.717, 1.165) is 30.6 Å². The Balaban J connectivity index is 1.63. The van der Waals surface area contributed by atoms with Gasteiger partial charge in [-0.15, -0.1) is 0 Å². The zero-order valence-electron chi connectivity index (χ0n) is 16.3. The van der Waals surface area contributed by atoms with Gasteiger partial charge < -0.3 is 15.4 Å². The molecule has 2 amide bonds. The molecule has 0 atom stereocenters. The third kappa shape index (κ3) is 6.37. The summed E-state index contributed by atoms with van der Waals surface area (Å²) in [5, 5.41) is 5.74. The third-order valence-electron chi connectivity index (χ3n) is 4.77. The summed E-state index contributed by atoms with van der Waals surface area (Å²) in [6.45, 7) is 2.10. The molecule has 0 spiro atoms. The van der Waals surface area contributed by atoms with Crippen LogP contribution in [0.5, 0.6) is 5.75 Å². The molecular formula is C18H30N4O4S. The number of amides is 2. The highest BCUT2D eigenvalue weighted by Gasteiger charge is 2.29. The van der Waals surface area contributed by atoms with Crippen LogP contribution < -0.4 is 15.4 Å². The summed E-state index contributed by atoms with van der Waals surface area (Å²) in [6, 6.07) is 7.57. The van der Waals surface area contributed by atoms with Gasteiger partial charge in [-0.2, -0.15) is 17.0 Å². The molecule has 0 aliphatic carbocycles. The van der Waals surface area contributed by atoms with Crippen molar-refractivity contribution in [3.8, 4) is 5.75 Å². The topological polar surface area (TPSA) is 91.0 Å². The first kappa shape index (κ1) is 21.5. The predicted molar refractivity (Wildman–Crippen MR) is 105 cm³/mol. The maximum absolute atomic E-state index is 12.1. The van der Waals surface area contributed by atoms with Crippen LogP contribution in [0, 0.1) is 5.92 Å². The van der Waals surface area contributed by atoms with E-state index in [1.807, 2.05) is 24.3 Å². The molecule has 8 nitrogen and oxygen atoms in total. The second kappa shape index (κ2) is 9.91. The summed E-state index contributed by atoms with van der Waals surface area (Å²) < 4.78 is 32.0. The van der Waals surface area contributed by atoms with Crippen molar-refractivity contribution < 1.29 is 17.9 Å². The van der Waals surface area contributed by atoms with Crippen LogP contribution in [-0.2, 0) is 16.6 Å². The Bertz CT molecular complexity index is 699. The summed E-state index contributed by atoms with van der Waals surface area (Å²) >= 11 is 0. The van der Waals surface area contributed by atoms with Crippen LogP contribution in [0.1, 0.15) is 18.4 Å². The van der Waals surface area contributed by atoms with Gasteiger partial charge in [0.1, 0.15) is 5.75 Å². The van der Waals surface area contributed by atoms with E-state index in [0.29, 0.717) is 32.1 Å². The second-order valence-electron chi connectivity index (χ2n) is 6.87. The molecule has 2 N–H and O–H groups in total. The molecule has 0 aromatic heterocycles. The van der Waals surface area contributed by atoms with Gasteiger partial charge in [0, 0.05) is 40.3 Å². The zero-order chi connectivity index (χ0) is 19.9. The number of methoxy groups -OCH3 is 1. The molecule has 0 saturated carbocycles. The molecule has 1 aliphatic rings. The maximum Gasteiger partial charge on any atom is 0.314 e. The average molecular weight is 399 g/mol. The normalized spacial score (nSPS) is 16.3. The molecule has 0 radical (unpaired) electrons.